The molecule has 0 amide bonds. The van der Waals surface area contributed by atoms with Crippen LogP contribution in [0, 0.1) is 13.8 Å². The minimum atomic E-state index is -1.18. The zero-order valence-electron chi connectivity index (χ0n) is 15.9. The molecule has 3 N–H and O–H groups in total. The molecule has 0 radical (unpaired) electrons. The summed E-state index contributed by atoms with van der Waals surface area (Å²) in [6.07, 6.45) is 1.17. The zero-order chi connectivity index (χ0) is 21.3. The topological polar surface area (TPSA) is 94.7 Å². The SMILES string of the molecule is COc1ccc(C)c(-c2c(Oc3ccc(Cl)c(Cl)c3)ncc(C(=O)O)c2N)c1C. The molecule has 3 rings (SSSR count). The number of anilines is 1. The van der Waals surface area contributed by atoms with E-state index in [9.17, 15) is 9.90 Å². The molecule has 0 atom stereocenters. The second-order valence-electron chi connectivity index (χ2n) is 6.33. The minimum Gasteiger partial charge on any atom is -0.496 e. The lowest BCUT2D eigenvalue weighted by atomic mass is 9.93. The van der Waals surface area contributed by atoms with Gasteiger partial charge in [0.1, 0.15) is 17.1 Å². The first-order valence-corrected chi connectivity index (χ1v) is 9.29. The molecular formula is C21H18Cl2N2O4. The summed E-state index contributed by atoms with van der Waals surface area (Å²) in [5.41, 5.74) is 8.88. The maximum atomic E-state index is 11.6. The molecule has 0 spiro atoms. The van der Waals surface area contributed by atoms with Gasteiger partial charge in [-0.3, -0.25) is 0 Å². The van der Waals surface area contributed by atoms with Crippen LogP contribution in [0.15, 0.2) is 36.5 Å². The van der Waals surface area contributed by atoms with Gasteiger partial charge in [0, 0.05) is 12.3 Å². The molecule has 3 aromatic rings. The number of carboxylic acid groups (broad SMARTS) is 1. The summed E-state index contributed by atoms with van der Waals surface area (Å²) in [6.45, 7) is 3.74. The molecule has 0 saturated carbocycles. The van der Waals surface area contributed by atoms with E-state index in [4.69, 9.17) is 38.4 Å². The fourth-order valence-corrected chi connectivity index (χ4v) is 3.37. The Balaban J connectivity index is 2.28. The van der Waals surface area contributed by atoms with E-state index in [0.29, 0.717) is 32.7 Å². The summed E-state index contributed by atoms with van der Waals surface area (Å²) >= 11 is 12.0. The highest BCUT2D eigenvalue weighted by atomic mass is 35.5. The number of benzene rings is 2. The third-order valence-electron chi connectivity index (χ3n) is 4.51. The van der Waals surface area contributed by atoms with Gasteiger partial charge in [0.2, 0.25) is 5.88 Å². The average Bonchev–Trinajstić information content (AvgIpc) is 2.66. The number of aromatic carboxylic acids is 1. The van der Waals surface area contributed by atoms with Gasteiger partial charge in [-0.15, -0.1) is 0 Å². The van der Waals surface area contributed by atoms with Crippen molar-refractivity contribution in [3.63, 3.8) is 0 Å². The molecule has 1 heterocycles. The Morgan fingerprint density at radius 1 is 1.10 bits per heavy atom. The van der Waals surface area contributed by atoms with Crippen LogP contribution in [-0.4, -0.2) is 23.2 Å². The molecule has 0 fully saturated rings. The van der Waals surface area contributed by atoms with Gasteiger partial charge in [0.25, 0.3) is 0 Å². The monoisotopic (exact) mass is 432 g/mol. The van der Waals surface area contributed by atoms with Gasteiger partial charge < -0.3 is 20.3 Å². The molecular weight excluding hydrogens is 415 g/mol. The van der Waals surface area contributed by atoms with E-state index in [1.165, 1.54) is 6.20 Å². The van der Waals surface area contributed by atoms with Crippen LogP contribution in [0.2, 0.25) is 10.0 Å². The van der Waals surface area contributed by atoms with Crippen molar-refractivity contribution >= 4 is 34.9 Å². The van der Waals surface area contributed by atoms with Crippen molar-refractivity contribution in [3.8, 4) is 28.5 Å². The summed E-state index contributed by atoms with van der Waals surface area (Å²) < 4.78 is 11.3. The van der Waals surface area contributed by atoms with Crippen LogP contribution in [0.5, 0.6) is 17.4 Å². The summed E-state index contributed by atoms with van der Waals surface area (Å²) in [4.78, 5) is 15.9. The lowest BCUT2D eigenvalue weighted by Crippen LogP contribution is -2.08. The van der Waals surface area contributed by atoms with E-state index in [1.807, 2.05) is 26.0 Å². The number of rotatable bonds is 5. The number of aryl methyl sites for hydroxylation is 1. The highest BCUT2D eigenvalue weighted by Crippen LogP contribution is 2.43. The number of methoxy groups -OCH3 is 1. The lowest BCUT2D eigenvalue weighted by Gasteiger charge is -2.19. The molecule has 0 unspecified atom stereocenters. The fraction of sp³-hybridized carbons (Fsp3) is 0.143. The molecule has 150 valence electrons. The van der Waals surface area contributed by atoms with Crippen LogP contribution in [0.1, 0.15) is 21.5 Å². The zero-order valence-corrected chi connectivity index (χ0v) is 17.4. The van der Waals surface area contributed by atoms with Crippen molar-refractivity contribution in [1.29, 1.82) is 0 Å². The maximum Gasteiger partial charge on any atom is 0.339 e. The number of nitrogens with zero attached hydrogens (tertiary/aromatic N) is 1. The number of ether oxygens (including phenoxy) is 2. The molecule has 0 saturated heterocycles. The highest BCUT2D eigenvalue weighted by molar-refractivity contribution is 6.42. The van der Waals surface area contributed by atoms with Crippen LogP contribution in [0.3, 0.4) is 0 Å². The van der Waals surface area contributed by atoms with Crippen molar-refractivity contribution in [2.45, 2.75) is 13.8 Å². The van der Waals surface area contributed by atoms with E-state index in [0.717, 1.165) is 11.1 Å². The first kappa shape index (κ1) is 20.8. The van der Waals surface area contributed by atoms with Crippen molar-refractivity contribution in [2.24, 2.45) is 0 Å². The van der Waals surface area contributed by atoms with E-state index >= 15 is 0 Å². The Bertz CT molecular complexity index is 1120. The quantitative estimate of drug-likeness (QED) is 0.532. The predicted molar refractivity (Wildman–Crippen MR) is 114 cm³/mol. The predicted octanol–water partition coefficient (Wildman–Crippen LogP) is 5.75. The summed E-state index contributed by atoms with van der Waals surface area (Å²) in [5.74, 6) is -0.0269. The van der Waals surface area contributed by atoms with Crippen LogP contribution in [-0.2, 0) is 0 Å². The Morgan fingerprint density at radius 2 is 1.83 bits per heavy atom. The molecule has 0 aliphatic rings. The van der Waals surface area contributed by atoms with Crippen LogP contribution in [0.4, 0.5) is 5.69 Å². The Morgan fingerprint density at radius 3 is 2.45 bits per heavy atom. The molecule has 0 aliphatic heterocycles. The third kappa shape index (κ3) is 3.95. The molecule has 6 nitrogen and oxygen atoms in total. The van der Waals surface area contributed by atoms with Crippen molar-refractivity contribution in [1.82, 2.24) is 4.98 Å². The van der Waals surface area contributed by atoms with E-state index in [2.05, 4.69) is 4.98 Å². The van der Waals surface area contributed by atoms with E-state index in [1.54, 1.807) is 25.3 Å². The smallest absolute Gasteiger partial charge is 0.339 e. The highest BCUT2D eigenvalue weighted by Gasteiger charge is 2.23. The standard InChI is InChI=1S/C21H18Cl2N2O4/c1-10-4-7-16(28-3)11(2)17(10)18-19(24)13(21(26)27)9-25-20(18)29-12-5-6-14(22)15(23)8-12/h4-9H,1-3H3,(H2,24,25)(H,26,27). The number of hydrogen-bond acceptors (Lipinski definition) is 5. The molecule has 2 aromatic carbocycles. The number of hydrogen-bond donors (Lipinski definition) is 2. The number of nitrogens with two attached hydrogens (primary N) is 1. The molecule has 0 bridgehead atoms. The van der Waals surface area contributed by atoms with Gasteiger partial charge in [-0.25, -0.2) is 9.78 Å². The third-order valence-corrected chi connectivity index (χ3v) is 5.25. The molecule has 29 heavy (non-hydrogen) atoms. The minimum absolute atomic E-state index is 0.0435. The van der Waals surface area contributed by atoms with Gasteiger partial charge >= 0.3 is 5.97 Å². The van der Waals surface area contributed by atoms with E-state index in [-0.39, 0.29) is 17.1 Å². The van der Waals surface area contributed by atoms with Crippen LogP contribution < -0.4 is 15.2 Å². The lowest BCUT2D eigenvalue weighted by molar-refractivity contribution is 0.0697. The number of carbonyl (C=O) groups is 1. The summed E-state index contributed by atoms with van der Waals surface area (Å²) in [7, 11) is 1.56. The number of halogens is 2. The first-order valence-electron chi connectivity index (χ1n) is 8.53. The van der Waals surface area contributed by atoms with Gasteiger partial charge in [-0.05, 0) is 48.7 Å². The van der Waals surface area contributed by atoms with Crippen molar-refractivity contribution in [2.75, 3.05) is 12.8 Å². The van der Waals surface area contributed by atoms with Crippen molar-refractivity contribution < 1.29 is 19.4 Å². The van der Waals surface area contributed by atoms with Crippen LogP contribution >= 0.6 is 23.2 Å². The Labute approximate surface area is 177 Å². The summed E-state index contributed by atoms with van der Waals surface area (Å²) in [5, 5.41) is 10.2. The molecule has 0 aliphatic carbocycles. The van der Waals surface area contributed by atoms with E-state index < -0.39 is 5.97 Å². The Kier molecular flexibility index (Phi) is 5.86. The van der Waals surface area contributed by atoms with Crippen LogP contribution in [0.25, 0.3) is 11.1 Å². The fourth-order valence-electron chi connectivity index (χ4n) is 3.08. The normalized spacial score (nSPS) is 10.7. The van der Waals surface area contributed by atoms with Gasteiger partial charge in [0.15, 0.2) is 0 Å². The second kappa shape index (κ2) is 8.19. The number of pyridine rings is 1. The van der Waals surface area contributed by atoms with Gasteiger partial charge in [-0.2, -0.15) is 0 Å². The molecule has 1 aromatic heterocycles. The summed E-state index contributed by atoms with van der Waals surface area (Å²) in [6, 6.07) is 8.46. The second-order valence-corrected chi connectivity index (χ2v) is 7.15. The van der Waals surface area contributed by atoms with Crippen molar-refractivity contribution in [3.05, 3.63) is 63.3 Å². The number of aromatic nitrogens is 1. The number of carboxylic acids is 1. The first-order chi connectivity index (χ1) is 13.7. The van der Waals surface area contributed by atoms with Gasteiger partial charge in [-0.1, -0.05) is 29.3 Å². The van der Waals surface area contributed by atoms with Gasteiger partial charge in [0.05, 0.1) is 28.4 Å². The largest absolute Gasteiger partial charge is 0.496 e. The number of nitrogen functional groups attached to an aromatic ring is 1. The average molecular weight is 433 g/mol. The Hall–Kier alpha value is -2.96. The maximum absolute atomic E-state index is 11.6. The molecule has 8 heteroatoms.